The SMILES string of the molecule is CC(C)c1ccc(NC(=O)OC2COC3C(NS(=O)(=O)c4ccc(Cl)cc4)COC23)cc1. The first-order valence-corrected chi connectivity index (χ1v) is 12.2. The maximum Gasteiger partial charge on any atom is 0.412 e. The van der Waals surface area contributed by atoms with E-state index >= 15 is 0 Å². The molecule has 2 aromatic carbocycles. The number of rotatable bonds is 6. The molecule has 4 rings (SSSR count). The predicted molar refractivity (Wildman–Crippen MR) is 119 cm³/mol. The zero-order chi connectivity index (χ0) is 22.9. The number of benzene rings is 2. The van der Waals surface area contributed by atoms with Crippen LogP contribution in [0.2, 0.25) is 5.02 Å². The summed E-state index contributed by atoms with van der Waals surface area (Å²) in [4.78, 5) is 12.4. The predicted octanol–water partition coefficient (Wildman–Crippen LogP) is 3.53. The summed E-state index contributed by atoms with van der Waals surface area (Å²) in [5.41, 5.74) is 1.79. The minimum absolute atomic E-state index is 0.0963. The van der Waals surface area contributed by atoms with Gasteiger partial charge in [-0.25, -0.2) is 17.9 Å². The molecule has 2 aromatic rings. The van der Waals surface area contributed by atoms with Gasteiger partial charge in [0, 0.05) is 10.7 Å². The van der Waals surface area contributed by atoms with E-state index in [0.29, 0.717) is 16.6 Å². The summed E-state index contributed by atoms with van der Waals surface area (Å²) in [6.07, 6.45) is -2.37. The fourth-order valence-electron chi connectivity index (χ4n) is 3.78. The number of nitrogens with one attached hydrogen (secondary N) is 2. The van der Waals surface area contributed by atoms with Gasteiger partial charge in [0.15, 0.2) is 6.10 Å². The Morgan fingerprint density at radius 1 is 1.03 bits per heavy atom. The topological polar surface area (TPSA) is 103 Å². The molecule has 2 N–H and O–H groups in total. The molecule has 0 aromatic heterocycles. The van der Waals surface area contributed by atoms with Crippen molar-refractivity contribution in [3.05, 3.63) is 59.1 Å². The standard InChI is InChI=1S/C22H25ClN2O6S/c1-13(2)14-3-7-16(8-4-14)24-22(26)31-19-12-30-20-18(11-29-21(19)20)25-32(27,28)17-9-5-15(23)6-10-17/h3-10,13,18-21,25H,11-12H2,1-2H3,(H,24,26). The number of ether oxygens (including phenoxy) is 3. The van der Waals surface area contributed by atoms with E-state index in [2.05, 4.69) is 23.9 Å². The van der Waals surface area contributed by atoms with Gasteiger partial charge in [-0.15, -0.1) is 0 Å². The van der Waals surface area contributed by atoms with Gasteiger partial charge in [0.2, 0.25) is 10.0 Å². The molecule has 0 saturated carbocycles. The molecule has 0 spiro atoms. The van der Waals surface area contributed by atoms with Crippen molar-refractivity contribution in [2.24, 2.45) is 0 Å². The monoisotopic (exact) mass is 480 g/mol. The average Bonchev–Trinajstić information content (AvgIpc) is 3.32. The maximum absolute atomic E-state index is 12.7. The fourth-order valence-corrected chi connectivity index (χ4v) is 5.14. The van der Waals surface area contributed by atoms with Gasteiger partial charge in [0.25, 0.3) is 0 Å². The quantitative estimate of drug-likeness (QED) is 0.655. The molecular formula is C22H25ClN2O6S. The summed E-state index contributed by atoms with van der Waals surface area (Å²) in [5.74, 6) is 0.396. The van der Waals surface area contributed by atoms with Gasteiger partial charge in [0.1, 0.15) is 12.2 Å². The summed E-state index contributed by atoms with van der Waals surface area (Å²) < 4.78 is 44.9. The number of sulfonamides is 1. The third kappa shape index (κ3) is 5.07. The third-order valence-electron chi connectivity index (χ3n) is 5.52. The van der Waals surface area contributed by atoms with E-state index in [0.717, 1.165) is 0 Å². The lowest BCUT2D eigenvalue weighted by Crippen LogP contribution is -2.44. The zero-order valence-electron chi connectivity index (χ0n) is 17.7. The first-order chi connectivity index (χ1) is 15.2. The number of amides is 1. The van der Waals surface area contributed by atoms with Crippen LogP contribution in [0.1, 0.15) is 25.3 Å². The van der Waals surface area contributed by atoms with E-state index in [4.69, 9.17) is 25.8 Å². The molecular weight excluding hydrogens is 456 g/mol. The Bertz CT molecular complexity index is 1060. The van der Waals surface area contributed by atoms with Crippen LogP contribution in [-0.2, 0) is 24.2 Å². The van der Waals surface area contributed by atoms with Crippen LogP contribution in [0, 0.1) is 0 Å². The molecule has 1 amide bonds. The smallest absolute Gasteiger partial charge is 0.412 e. The Morgan fingerprint density at radius 3 is 2.34 bits per heavy atom. The van der Waals surface area contributed by atoms with Gasteiger partial charge in [-0.3, -0.25) is 5.32 Å². The second-order valence-electron chi connectivity index (χ2n) is 8.12. The largest absolute Gasteiger partial charge is 0.441 e. The molecule has 32 heavy (non-hydrogen) atoms. The summed E-state index contributed by atoms with van der Waals surface area (Å²) >= 11 is 5.83. The number of halogens is 1. The first-order valence-electron chi connectivity index (χ1n) is 10.3. The molecule has 2 aliphatic rings. The molecule has 2 fully saturated rings. The Labute approximate surface area is 192 Å². The van der Waals surface area contributed by atoms with E-state index < -0.39 is 40.5 Å². The third-order valence-corrected chi connectivity index (χ3v) is 7.28. The van der Waals surface area contributed by atoms with Crippen molar-refractivity contribution in [2.75, 3.05) is 18.5 Å². The Balaban J connectivity index is 1.33. The Hall–Kier alpha value is -2.17. The summed E-state index contributed by atoms with van der Waals surface area (Å²) in [6.45, 7) is 4.42. The van der Waals surface area contributed by atoms with Crippen molar-refractivity contribution >= 4 is 33.4 Å². The minimum atomic E-state index is -3.78. The normalized spacial score (nSPS) is 25.0. The van der Waals surface area contributed by atoms with E-state index in [1.165, 1.54) is 29.8 Å². The lowest BCUT2D eigenvalue weighted by Gasteiger charge is -2.18. The lowest BCUT2D eigenvalue weighted by atomic mass is 10.0. The molecule has 172 valence electrons. The van der Waals surface area contributed by atoms with Crippen molar-refractivity contribution in [3.63, 3.8) is 0 Å². The van der Waals surface area contributed by atoms with E-state index in [1.54, 1.807) is 0 Å². The number of hydrogen-bond acceptors (Lipinski definition) is 6. The van der Waals surface area contributed by atoms with Gasteiger partial charge < -0.3 is 14.2 Å². The van der Waals surface area contributed by atoms with Crippen LogP contribution in [0.3, 0.4) is 0 Å². The molecule has 2 saturated heterocycles. The van der Waals surface area contributed by atoms with Gasteiger partial charge in [-0.05, 0) is 47.9 Å². The highest BCUT2D eigenvalue weighted by Crippen LogP contribution is 2.30. The minimum Gasteiger partial charge on any atom is -0.441 e. The maximum atomic E-state index is 12.7. The first kappa shape index (κ1) is 23.0. The lowest BCUT2D eigenvalue weighted by molar-refractivity contribution is 0.00883. The number of carbonyl (C=O) groups is 1. The van der Waals surface area contributed by atoms with E-state index in [9.17, 15) is 13.2 Å². The van der Waals surface area contributed by atoms with Crippen LogP contribution in [-0.4, -0.2) is 52.1 Å². The molecule has 2 aliphatic heterocycles. The summed E-state index contributed by atoms with van der Waals surface area (Å²) in [7, 11) is -3.78. The summed E-state index contributed by atoms with van der Waals surface area (Å²) in [5, 5.41) is 3.14. The highest BCUT2D eigenvalue weighted by molar-refractivity contribution is 7.89. The van der Waals surface area contributed by atoms with Crippen LogP contribution < -0.4 is 10.0 Å². The molecule has 4 unspecified atom stereocenters. The Kier molecular flexibility index (Phi) is 6.73. The van der Waals surface area contributed by atoms with Crippen molar-refractivity contribution in [1.82, 2.24) is 4.72 Å². The fraction of sp³-hybridized carbons (Fsp3) is 0.409. The number of anilines is 1. The Morgan fingerprint density at radius 2 is 1.69 bits per heavy atom. The molecule has 0 aliphatic carbocycles. The van der Waals surface area contributed by atoms with Gasteiger partial charge in [-0.1, -0.05) is 37.6 Å². The van der Waals surface area contributed by atoms with E-state index in [-0.39, 0.29) is 18.1 Å². The number of carbonyl (C=O) groups excluding carboxylic acids is 1. The molecule has 10 heteroatoms. The molecule has 4 atom stereocenters. The van der Waals surface area contributed by atoms with Crippen molar-refractivity contribution in [1.29, 1.82) is 0 Å². The van der Waals surface area contributed by atoms with Gasteiger partial charge in [-0.2, -0.15) is 0 Å². The second kappa shape index (κ2) is 9.36. The van der Waals surface area contributed by atoms with Gasteiger partial charge >= 0.3 is 6.09 Å². The van der Waals surface area contributed by atoms with Crippen LogP contribution in [0.25, 0.3) is 0 Å². The van der Waals surface area contributed by atoms with E-state index in [1.807, 2.05) is 24.3 Å². The number of fused-ring (bicyclic) bond motifs is 1. The number of hydrogen-bond donors (Lipinski definition) is 2. The van der Waals surface area contributed by atoms with Crippen molar-refractivity contribution in [2.45, 2.75) is 49.0 Å². The second-order valence-corrected chi connectivity index (χ2v) is 10.3. The molecule has 2 heterocycles. The van der Waals surface area contributed by atoms with Crippen molar-refractivity contribution < 1.29 is 27.4 Å². The van der Waals surface area contributed by atoms with Crippen LogP contribution in [0.5, 0.6) is 0 Å². The van der Waals surface area contributed by atoms with Crippen LogP contribution in [0.4, 0.5) is 10.5 Å². The zero-order valence-corrected chi connectivity index (χ0v) is 19.2. The van der Waals surface area contributed by atoms with Crippen LogP contribution in [0.15, 0.2) is 53.4 Å². The molecule has 8 nitrogen and oxygen atoms in total. The highest BCUT2D eigenvalue weighted by Gasteiger charge is 2.50. The van der Waals surface area contributed by atoms with Crippen LogP contribution >= 0.6 is 11.6 Å². The van der Waals surface area contributed by atoms with Gasteiger partial charge in [0.05, 0.1) is 24.2 Å². The highest BCUT2D eigenvalue weighted by atomic mass is 35.5. The average molecular weight is 481 g/mol. The molecule has 0 bridgehead atoms. The van der Waals surface area contributed by atoms with Crippen molar-refractivity contribution in [3.8, 4) is 0 Å². The molecule has 0 radical (unpaired) electrons. The summed E-state index contributed by atoms with van der Waals surface area (Å²) in [6, 6.07) is 12.8.